The molecule has 2 atom stereocenters. The second-order valence-corrected chi connectivity index (χ2v) is 9.88. The highest BCUT2D eigenvalue weighted by Crippen LogP contribution is 2.43. The lowest BCUT2D eigenvalue weighted by atomic mass is 9.94. The largest absolute Gasteiger partial charge is 0.507 e. The van der Waals surface area contributed by atoms with Gasteiger partial charge in [0.15, 0.2) is 9.84 Å². The van der Waals surface area contributed by atoms with Gasteiger partial charge in [-0.05, 0) is 19.4 Å². The highest BCUT2D eigenvalue weighted by molar-refractivity contribution is 7.91. The van der Waals surface area contributed by atoms with Crippen LogP contribution in [0.5, 0.6) is 0 Å². The first-order valence-corrected chi connectivity index (χ1v) is 11.3. The molecule has 2 saturated heterocycles. The van der Waals surface area contributed by atoms with E-state index in [0.717, 1.165) is 10.5 Å². The molecule has 0 aromatic heterocycles. The number of ketones is 1. The number of carbonyl (C=O) groups excluding carboxylic acids is 2. The summed E-state index contributed by atoms with van der Waals surface area (Å²) in [6, 6.07) is 10.4. The van der Waals surface area contributed by atoms with E-state index in [1.54, 1.807) is 30.3 Å². The zero-order chi connectivity index (χ0) is 21.6. The number of rotatable bonds is 3. The third-order valence-corrected chi connectivity index (χ3v) is 7.36. The number of hydrogen-bond acceptors (Lipinski definition) is 5. The van der Waals surface area contributed by atoms with E-state index in [2.05, 4.69) is 0 Å². The second-order valence-electron chi connectivity index (χ2n) is 7.65. The Morgan fingerprint density at radius 3 is 2.37 bits per heavy atom. The molecular formula is C22H20FNO5S. The van der Waals surface area contributed by atoms with Crippen molar-refractivity contribution in [2.75, 3.05) is 11.5 Å². The number of benzene rings is 2. The molecule has 2 unspecified atom stereocenters. The van der Waals surface area contributed by atoms with Gasteiger partial charge >= 0.3 is 0 Å². The Bertz CT molecular complexity index is 1170. The van der Waals surface area contributed by atoms with E-state index >= 15 is 0 Å². The Labute approximate surface area is 173 Å². The summed E-state index contributed by atoms with van der Waals surface area (Å²) < 4.78 is 38.7. The summed E-state index contributed by atoms with van der Waals surface area (Å²) in [5.74, 6) is -3.35. The van der Waals surface area contributed by atoms with Crippen molar-refractivity contribution in [1.82, 2.24) is 4.90 Å². The zero-order valence-corrected chi connectivity index (χ0v) is 17.0. The van der Waals surface area contributed by atoms with E-state index in [1.165, 1.54) is 18.2 Å². The van der Waals surface area contributed by atoms with Crippen molar-refractivity contribution in [3.63, 3.8) is 0 Å². The zero-order valence-electron chi connectivity index (χ0n) is 16.2. The van der Waals surface area contributed by atoms with Gasteiger partial charge in [0.05, 0.1) is 23.1 Å². The van der Waals surface area contributed by atoms with E-state index in [1.807, 2.05) is 6.92 Å². The molecule has 4 rings (SSSR count). The van der Waals surface area contributed by atoms with E-state index in [9.17, 15) is 27.5 Å². The van der Waals surface area contributed by atoms with Crippen LogP contribution >= 0.6 is 0 Å². The van der Waals surface area contributed by atoms with Gasteiger partial charge in [0, 0.05) is 17.2 Å². The average Bonchev–Trinajstić information content (AvgIpc) is 3.19. The number of Topliss-reactive ketones (excluding diaryl/α,β-unsaturated/α-hetero) is 1. The number of amides is 1. The normalized spacial score (nSPS) is 25.1. The summed E-state index contributed by atoms with van der Waals surface area (Å²) in [5.41, 5.74) is 1.06. The van der Waals surface area contributed by atoms with Crippen LogP contribution in [0.25, 0.3) is 5.76 Å². The van der Waals surface area contributed by atoms with Crippen LogP contribution in [0.15, 0.2) is 54.1 Å². The van der Waals surface area contributed by atoms with Crippen molar-refractivity contribution < 1.29 is 27.5 Å². The van der Waals surface area contributed by atoms with Gasteiger partial charge in [-0.3, -0.25) is 9.59 Å². The van der Waals surface area contributed by atoms with Gasteiger partial charge in [-0.25, -0.2) is 12.8 Å². The van der Waals surface area contributed by atoms with Crippen LogP contribution in [0.4, 0.5) is 4.39 Å². The Hall–Kier alpha value is -3.00. The van der Waals surface area contributed by atoms with Crippen LogP contribution in [0.1, 0.15) is 29.2 Å². The Morgan fingerprint density at radius 1 is 1.10 bits per heavy atom. The molecule has 2 aromatic rings. The van der Waals surface area contributed by atoms with Crippen molar-refractivity contribution >= 4 is 27.3 Å². The number of likely N-dealkylation sites (tertiary alicyclic amines) is 1. The van der Waals surface area contributed by atoms with E-state index in [0.29, 0.717) is 5.56 Å². The Morgan fingerprint density at radius 2 is 1.77 bits per heavy atom. The Balaban J connectivity index is 1.91. The first-order chi connectivity index (χ1) is 14.2. The molecule has 0 radical (unpaired) electrons. The third-order valence-electron chi connectivity index (χ3n) is 5.61. The van der Waals surface area contributed by atoms with E-state index < -0.39 is 45.2 Å². The molecule has 0 saturated carbocycles. The predicted octanol–water partition coefficient (Wildman–Crippen LogP) is 2.74. The molecule has 0 aliphatic carbocycles. The van der Waals surface area contributed by atoms with Crippen LogP contribution in [-0.4, -0.2) is 47.7 Å². The lowest BCUT2D eigenvalue weighted by Crippen LogP contribution is -2.40. The number of aliphatic hydroxyl groups excluding tert-OH is 1. The average molecular weight is 429 g/mol. The van der Waals surface area contributed by atoms with Gasteiger partial charge in [0.1, 0.15) is 11.6 Å². The number of sulfone groups is 1. The van der Waals surface area contributed by atoms with Crippen molar-refractivity contribution in [2.45, 2.75) is 25.4 Å². The number of halogens is 1. The summed E-state index contributed by atoms with van der Waals surface area (Å²) >= 11 is 0. The fourth-order valence-corrected chi connectivity index (χ4v) is 5.80. The minimum absolute atomic E-state index is 0.0367. The van der Waals surface area contributed by atoms with Crippen molar-refractivity contribution in [2.24, 2.45) is 0 Å². The first-order valence-electron chi connectivity index (χ1n) is 9.51. The topological polar surface area (TPSA) is 91.8 Å². The molecule has 8 heteroatoms. The summed E-state index contributed by atoms with van der Waals surface area (Å²) in [7, 11) is -3.36. The van der Waals surface area contributed by atoms with Gasteiger partial charge in [-0.2, -0.15) is 0 Å². The first kappa shape index (κ1) is 20.3. The lowest BCUT2D eigenvalue weighted by molar-refractivity contribution is -0.141. The van der Waals surface area contributed by atoms with Gasteiger partial charge in [0.25, 0.3) is 11.7 Å². The summed E-state index contributed by atoms with van der Waals surface area (Å²) in [5, 5.41) is 10.9. The minimum Gasteiger partial charge on any atom is -0.507 e. The molecular weight excluding hydrogens is 409 g/mol. The molecule has 2 aliphatic rings. The maximum atomic E-state index is 14.7. The lowest BCUT2D eigenvalue weighted by Gasteiger charge is -2.30. The van der Waals surface area contributed by atoms with Crippen molar-refractivity contribution in [3.8, 4) is 0 Å². The second kappa shape index (κ2) is 7.36. The number of hydrogen-bond donors (Lipinski definition) is 1. The maximum Gasteiger partial charge on any atom is 0.295 e. The standard InChI is InChI=1S/C22H20FNO5S/c1-13-6-8-14(9-7-13)20(25)18-19(16-4-2-3-5-17(16)23)24(22(27)21(18)26)15-10-11-30(28,29)12-15/h2-9,15,19,25H,10-12H2,1H3/b20-18-. The summed E-state index contributed by atoms with van der Waals surface area (Å²) in [4.78, 5) is 27.0. The highest BCUT2D eigenvalue weighted by atomic mass is 32.2. The monoisotopic (exact) mass is 429 g/mol. The molecule has 0 spiro atoms. The number of carbonyl (C=O) groups is 2. The molecule has 1 amide bonds. The van der Waals surface area contributed by atoms with Crippen LogP contribution < -0.4 is 0 Å². The molecule has 6 nitrogen and oxygen atoms in total. The number of aliphatic hydroxyl groups is 1. The number of aryl methyl sites for hydroxylation is 1. The molecule has 2 heterocycles. The maximum absolute atomic E-state index is 14.7. The van der Waals surface area contributed by atoms with Crippen LogP contribution in [0.2, 0.25) is 0 Å². The highest BCUT2D eigenvalue weighted by Gasteiger charge is 2.51. The van der Waals surface area contributed by atoms with Crippen molar-refractivity contribution in [3.05, 3.63) is 76.6 Å². The molecule has 2 aromatic carbocycles. The summed E-state index contributed by atoms with van der Waals surface area (Å²) in [6.07, 6.45) is 0.158. The molecule has 156 valence electrons. The van der Waals surface area contributed by atoms with Gasteiger partial charge in [-0.15, -0.1) is 0 Å². The van der Waals surface area contributed by atoms with Crippen LogP contribution in [0, 0.1) is 12.7 Å². The SMILES string of the molecule is Cc1ccc(/C(O)=C2/C(=O)C(=O)N(C3CCS(=O)(=O)C3)C2c2ccccc2F)cc1. The molecule has 1 N–H and O–H groups in total. The van der Waals surface area contributed by atoms with E-state index in [4.69, 9.17) is 0 Å². The smallest absolute Gasteiger partial charge is 0.295 e. The molecule has 0 bridgehead atoms. The van der Waals surface area contributed by atoms with Crippen LogP contribution in [0.3, 0.4) is 0 Å². The summed E-state index contributed by atoms with van der Waals surface area (Å²) in [6.45, 7) is 1.86. The molecule has 2 aliphatic heterocycles. The molecule has 2 fully saturated rings. The van der Waals surface area contributed by atoms with Gasteiger partial charge < -0.3 is 10.0 Å². The van der Waals surface area contributed by atoms with Gasteiger partial charge in [-0.1, -0.05) is 48.0 Å². The van der Waals surface area contributed by atoms with E-state index in [-0.39, 0.29) is 29.1 Å². The predicted molar refractivity (Wildman–Crippen MR) is 109 cm³/mol. The van der Waals surface area contributed by atoms with Crippen molar-refractivity contribution in [1.29, 1.82) is 0 Å². The Kier molecular flexibility index (Phi) is 4.97. The number of nitrogens with zero attached hydrogens (tertiary/aromatic N) is 1. The van der Waals surface area contributed by atoms with Crippen LogP contribution in [-0.2, 0) is 19.4 Å². The van der Waals surface area contributed by atoms with Gasteiger partial charge in [0.2, 0.25) is 0 Å². The fourth-order valence-electron chi connectivity index (χ4n) is 4.09. The minimum atomic E-state index is -3.36. The quantitative estimate of drug-likeness (QED) is 0.460. The fraction of sp³-hybridized carbons (Fsp3) is 0.273. The molecule has 30 heavy (non-hydrogen) atoms. The third kappa shape index (κ3) is 3.41.